The highest BCUT2D eigenvalue weighted by Crippen LogP contribution is 2.31. The van der Waals surface area contributed by atoms with Crippen molar-refractivity contribution in [3.8, 4) is 0 Å². The molecule has 1 amide bonds. The number of piperidine rings is 1. The second-order valence-electron chi connectivity index (χ2n) is 9.62. The molecule has 2 N–H and O–H groups in total. The SMILES string of the molecule is O=C(C[C@@H]1CC[C@H]2[C@@H](COC[C@H](O)CN2S(=O)(=O)c2ccc(F)cc2)O1)NCCN1CCCCC1. The maximum Gasteiger partial charge on any atom is 0.243 e. The van der Waals surface area contributed by atoms with Crippen molar-refractivity contribution in [2.45, 2.75) is 67.8 Å². The molecule has 35 heavy (non-hydrogen) atoms. The summed E-state index contributed by atoms with van der Waals surface area (Å²) in [6.45, 7) is 3.55. The third-order valence-corrected chi connectivity index (χ3v) is 8.87. The second-order valence-corrected chi connectivity index (χ2v) is 11.5. The summed E-state index contributed by atoms with van der Waals surface area (Å²) in [6.07, 6.45) is 2.96. The number of hydrogen-bond acceptors (Lipinski definition) is 7. The molecule has 0 saturated carbocycles. The molecule has 3 heterocycles. The molecule has 0 spiro atoms. The van der Waals surface area contributed by atoms with Gasteiger partial charge < -0.3 is 24.8 Å². The Labute approximate surface area is 206 Å². The lowest BCUT2D eigenvalue weighted by Crippen LogP contribution is -2.57. The summed E-state index contributed by atoms with van der Waals surface area (Å²) in [4.78, 5) is 14.8. The molecule has 4 rings (SSSR count). The van der Waals surface area contributed by atoms with E-state index in [9.17, 15) is 22.7 Å². The van der Waals surface area contributed by atoms with E-state index in [1.165, 1.54) is 35.7 Å². The normalized spacial score (nSPS) is 29.1. The maximum atomic E-state index is 13.4. The van der Waals surface area contributed by atoms with Crippen molar-refractivity contribution in [2.75, 3.05) is 45.9 Å². The number of aliphatic hydroxyl groups is 1. The van der Waals surface area contributed by atoms with Crippen molar-refractivity contribution in [1.29, 1.82) is 0 Å². The van der Waals surface area contributed by atoms with Gasteiger partial charge in [0.1, 0.15) is 5.82 Å². The van der Waals surface area contributed by atoms with Gasteiger partial charge in [-0.15, -0.1) is 0 Å². The fourth-order valence-electron chi connectivity index (χ4n) is 5.13. The van der Waals surface area contributed by atoms with Crippen molar-refractivity contribution in [2.24, 2.45) is 0 Å². The number of benzene rings is 1. The Kier molecular flexibility index (Phi) is 9.12. The molecule has 3 fully saturated rings. The number of carbonyl (C=O) groups is 1. The number of likely N-dealkylation sites (tertiary alicyclic amines) is 1. The lowest BCUT2D eigenvalue weighted by atomic mass is 9.96. The third-order valence-electron chi connectivity index (χ3n) is 6.97. The Morgan fingerprint density at radius 2 is 1.86 bits per heavy atom. The number of nitrogens with zero attached hydrogens (tertiary/aromatic N) is 2. The van der Waals surface area contributed by atoms with Crippen LogP contribution in [0.15, 0.2) is 29.2 Å². The molecule has 1 aromatic carbocycles. The lowest BCUT2D eigenvalue weighted by molar-refractivity contribution is -0.146. The zero-order chi connectivity index (χ0) is 24.8. The van der Waals surface area contributed by atoms with Gasteiger partial charge >= 0.3 is 0 Å². The van der Waals surface area contributed by atoms with Crippen LogP contribution in [0, 0.1) is 5.82 Å². The minimum Gasteiger partial charge on any atom is -0.389 e. The van der Waals surface area contributed by atoms with E-state index in [-0.39, 0.29) is 43.1 Å². The highest BCUT2D eigenvalue weighted by Gasteiger charge is 2.43. The average Bonchev–Trinajstić information content (AvgIpc) is 2.83. The van der Waals surface area contributed by atoms with E-state index >= 15 is 0 Å². The molecule has 3 aliphatic heterocycles. The number of ether oxygens (including phenoxy) is 2. The van der Waals surface area contributed by atoms with Gasteiger partial charge in [-0.3, -0.25) is 4.79 Å². The van der Waals surface area contributed by atoms with E-state index < -0.39 is 34.1 Å². The molecule has 9 nitrogen and oxygen atoms in total. The predicted octanol–water partition coefficient (Wildman–Crippen LogP) is 1.12. The Morgan fingerprint density at radius 1 is 1.11 bits per heavy atom. The van der Waals surface area contributed by atoms with Crippen LogP contribution in [0.1, 0.15) is 38.5 Å². The standard InChI is InChI=1S/C24H36FN3O6S/c25-18-4-7-21(8-5-18)35(31,32)28-15-19(29)16-33-17-23-22(28)9-6-20(34-23)14-24(30)26-10-13-27-11-2-1-3-12-27/h4-5,7-8,19-20,22-23,29H,1-3,6,9-17H2,(H,26,30)/t19-,20+,22+,23-/m1/s1. The van der Waals surface area contributed by atoms with E-state index in [1.54, 1.807) is 0 Å². The molecular formula is C24H36FN3O6S. The summed E-state index contributed by atoms with van der Waals surface area (Å²) < 4.78 is 53.2. The summed E-state index contributed by atoms with van der Waals surface area (Å²) in [5.74, 6) is -0.607. The van der Waals surface area contributed by atoms with E-state index in [4.69, 9.17) is 9.47 Å². The molecule has 3 saturated heterocycles. The molecule has 3 aliphatic rings. The third kappa shape index (κ3) is 6.99. The lowest BCUT2D eigenvalue weighted by Gasteiger charge is -2.43. The first-order valence-electron chi connectivity index (χ1n) is 12.5. The van der Waals surface area contributed by atoms with Crippen molar-refractivity contribution in [3.05, 3.63) is 30.1 Å². The molecule has 196 valence electrons. The van der Waals surface area contributed by atoms with Crippen LogP contribution in [-0.4, -0.2) is 98.9 Å². The number of sulfonamides is 1. The first-order valence-corrected chi connectivity index (χ1v) is 13.9. The smallest absolute Gasteiger partial charge is 0.243 e. The number of amides is 1. The molecule has 1 aromatic rings. The Hall–Kier alpha value is -1.63. The van der Waals surface area contributed by atoms with Gasteiger partial charge in [0.25, 0.3) is 0 Å². The van der Waals surface area contributed by atoms with Crippen molar-refractivity contribution < 1.29 is 32.2 Å². The molecule has 11 heteroatoms. The van der Waals surface area contributed by atoms with E-state index in [0.29, 0.717) is 19.4 Å². The number of halogens is 1. The molecule has 0 aliphatic carbocycles. The van der Waals surface area contributed by atoms with Crippen LogP contribution in [0.2, 0.25) is 0 Å². The Balaban J connectivity index is 1.36. The van der Waals surface area contributed by atoms with Crippen LogP contribution in [-0.2, 0) is 24.3 Å². The van der Waals surface area contributed by atoms with Gasteiger partial charge in [-0.1, -0.05) is 6.42 Å². The molecular weight excluding hydrogens is 477 g/mol. The number of aliphatic hydroxyl groups excluding tert-OH is 1. The topological polar surface area (TPSA) is 108 Å². The summed E-state index contributed by atoms with van der Waals surface area (Å²) in [6, 6.07) is 4.10. The van der Waals surface area contributed by atoms with Gasteiger partial charge in [-0.25, -0.2) is 12.8 Å². The van der Waals surface area contributed by atoms with Gasteiger partial charge in [-0.05, 0) is 63.0 Å². The fraction of sp³-hybridized carbons (Fsp3) is 0.708. The van der Waals surface area contributed by atoms with Crippen molar-refractivity contribution >= 4 is 15.9 Å². The zero-order valence-corrected chi connectivity index (χ0v) is 20.8. The summed E-state index contributed by atoms with van der Waals surface area (Å²) in [5.41, 5.74) is 0. The first-order chi connectivity index (χ1) is 16.8. The molecule has 0 radical (unpaired) electrons. The highest BCUT2D eigenvalue weighted by molar-refractivity contribution is 7.89. The van der Waals surface area contributed by atoms with E-state index in [2.05, 4.69) is 10.2 Å². The molecule has 0 aromatic heterocycles. The molecule has 0 unspecified atom stereocenters. The number of hydrogen-bond donors (Lipinski definition) is 2. The largest absolute Gasteiger partial charge is 0.389 e. The van der Waals surface area contributed by atoms with Gasteiger partial charge in [-0.2, -0.15) is 4.31 Å². The monoisotopic (exact) mass is 513 g/mol. The Bertz CT molecular complexity index is 941. The van der Waals surface area contributed by atoms with Crippen LogP contribution in [0.3, 0.4) is 0 Å². The molecule has 4 atom stereocenters. The maximum absolute atomic E-state index is 13.4. The van der Waals surface area contributed by atoms with Crippen LogP contribution < -0.4 is 5.32 Å². The number of rotatable bonds is 7. The van der Waals surface area contributed by atoms with Crippen LogP contribution in [0.5, 0.6) is 0 Å². The highest BCUT2D eigenvalue weighted by atomic mass is 32.2. The second kappa shape index (κ2) is 12.1. The first kappa shape index (κ1) is 26.4. The van der Waals surface area contributed by atoms with Gasteiger partial charge in [0.2, 0.25) is 15.9 Å². The fourth-order valence-corrected chi connectivity index (χ4v) is 6.85. The quantitative estimate of drug-likeness (QED) is 0.563. The number of nitrogens with one attached hydrogen (secondary N) is 1. The van der Waals surface area contributed by atoms with Crippen LogP contribution in [0.4, 0.5) is 4.39 Å². The Morgan fingerprint density at radius 3 is 2.60 bits per heavy atom. The van der Waals surface area contributed by atoms with Crippen molar-refractivity contribution in [3.63, 3.8) is 0 Å². The molecule has 0 bridgehead atoms. The predicted molar refractivity (Wildman–Crippen MR) is 127 cm³/mol. The van der Waals surface area contributed by atoms with Gasteiger partial charge in [0, 0.05) is 19.6 Å². The summed E-state index contributed by atoms with van der Waals surface area (Å²) >= 11 is 0. The van der Waals surface area contributed by atoms with Gasteiger partial charge in [0.15, 0.2) is 0 Å². The minimum absolute atomic E-state index is 0.0241. The number of fused-ring (bicyclic) bond motifs is 1. The van der Waals surface area contributed by atoms with Gasteiger partial charge in [0.05, 0.1) is 48.9 Å². The summed E-state index contributed by atoms with van der Waals surface area (Å²) in [7, 11) is -4.00. The van der Waals surface area contributed by atoms with E-state index in [0.717, 1.165) is 31.8 Å². The zero-order valence-electron chi connectivity index (χ0n) is 20.0. The average molecular weight is 514 g/mol. The summed E-state index contributed by atoms with van der Waals surface area (Å²) in [5, 5.41) is 13.3. The van der Waals surface area contributed by atoms with Crippen LogP contribution >= 0.6 is 0 Å². The minimum atomic E-state index is -4.00. The number of carbonyl (C=O) groups excluding carboxylic acids is 1. The van der Waals surface area contributed by atoms with E-state index in [1.807, 2.05) is 0 Å². The number of β-amino-alcohol motifs (C(OH)–C–C–N with tert-alkyl or cyclic N) is 1. The van der Waals surface area contributed by atoms with Crippen molar-refractivity contribution in [1.82, 2.24) is 14.5 Å². The van der Waals surface area contributed by atoms with Crippen LogP contribution in [0.25, 0.3) is 0 Å².